The van der Waals surface area contributed by atoms with Gasteiger partial charge in [-0.3, -0.25) is 14.4 Å². The molecule has 3 saturated heterocycles. The van der Waals surface area contributed by atoms with Gasteiger partial charge in [0.2, 0.25) is 5.91 Å². The van der Waals surface area contributed by atoms with Gasteiger partial charge in [-0.2, -0.15) is 0 Å². The van der Waals surface area contributed by atoms with Crippen molar-refractivity contribution in [2.24, 2.45) is 10.6 Å². The van der Waals surface area contributed by atoms with Gasteiger partial charge in [0.15, 0.2) is 10.8 Å². The van der Waals surface area contributed by atoms with Crippen molar-refractivity contribution < 1.29 is 39.3 Å². The molecule has 4 atom stereocenters. The Morgan fingerprint density at radius 3 is 2.80 bits per heavy atom. The van der Waals surface area contributed by atoms with E-state index in [1.807, 2.05) is 0 Å². The van der Waals surface area contributed by atoms with Crippen molar-refractivity contribution in [2.75, 3.05) is 37.8 Å². The number of thiazole rings is 1. The highest BCUT2D eigenvalue weighted by Gasteiger charge is 2.58. The van der Waals surface area contributed by atoms with Gasteiger partial charge in [-0.15, -0.1) is 23.1 Å². The number of nitrogens with zero attached hydrogens (tertiary/aromatic N) is 4. The van der Waals surface area contributed by atoms with E-state index in [1.165, 1.54) is 15.2 Å². The minimum atomic E-state index is -1.52. The third-order valence-corrected chi connectivity index (χ3v) is 8.52. The Morgan fingerprint density at radius 1 is 1.40 bits per heavy atom. The van der Waals surface area contributed by atoms with Gasteiger partial charge in [-0.05, 0) is 12.8 Å². The number of fused-ring (bicyclic) bond motifs is 1. The van der Waals surface area contributed by atoms with E-state index in [0.717, 1.165) is 29.5 Å². The molecule has 0 aromatic carbocycles. The molecular formula is C19H24N6O8S2. The summed E-state index contributed by atoms with van der Waals surface area (Å²) >= 11 is 2.19. The van der Waals surface area contributed by atoms with E-state index in [0.29, 0.717) is 13.0 Å². The molecule has 3 amide bonds. The summed E-state index contributed by atoms with van der Waals surface area (Å²) < 4.78 is 5.31. The summed E-state index contributed by atoms with van der Waals surface area (Å²) in [6.07, 6.45) is 0.657. The topological polar surface area (TPSA) is 208 Å². The van der Waals surface area contributed by atoms with Crippen LogP contribution in [0, 0.1) is 5.41 Å². The number of nitrogen functional groups attached to an aromatic ring is 1. The maximum Gasteiger partial charge on any atom is 0.410 e. The first-order valence-corrected chi connectivity index (χ1v) is 12.6. The standard InChI is InChI=1S/C19H24N6O8S2/c20-17-21-10(5-34-17)11(23-32)13(27)22-12-14(28)25-6-19(16(29)30,8-35-15(12)25)7-33-18(31)24-3-1-2-9(24)4-26/h5,9,12,15,26,32H,1-4,6-8H2,(H2,20,21)(H,22,27)(H,29,30)/t9?,12?,15-,19?/m1/s1. The number of ether oxygens (including phenoxy) is 1. The van der Waals surface area contributed by atoms with Gasteiger partial charge in [0.05, 0.1) is 12.6 Å². The highest BCUT2D eigenvalue weighted by atomic mass is 32.2. The van der Waals surface area contributed by atoms with Gasteiger partial charge in [-0.25, -0.2) is 9.78 Å². The summed E-state index contributed by atoms with van der Waals surface area (Å²) in [6.45, 7) is -0.432. The van der Waals surface area contributed by atoms with Crippen LogP contribution in [0.4, 0.5) is 9.93 Å². The summed E-state index contributed by atoms with van der Waals surface area (Å²) in [7, 11) is 0. The SMILES string of the molecule is Nc1nc(C(=NO)C(=O)NC2C(=O)N3CC(COC(=O)N4CCCC4CO)(C(=O)O)CS[C@H]23)cs1. The number of β-lactam (4-membered cyclic amide) rings is 1. The van der Waals surface area contributed by atoms with Crippen LogP contribution in [0.25, 0.3) is 0 Å². The number of carboxylic acid groups (broad SMARTS) is 1. The van der Waals surface area contributed by atoms with Crippen LogP contribution in [-0.4, -0.2) is 109 Å². The summed E-state index contributed by atoms with van der Waals surface area (Å²) in [5.41, 5.74) is 3.67. The summed E-state index contributed by atoms with van der Waals surface area (Å²) in [4.78, 5) is 56.5. The fourth-order valence-electron chi connectivity index (χ4n) is 4.27. The Labute approximate surface area is 207 Å². The molecule has 14 nitrogen and oxygen atoms in total. The van der Waals surface area contributed by atoms with Crippen molar-refractivity contribution >= 4 is 57.8 Å². The Hall–Kier alpha value is -3.11. The maximum absolute atomic E-state index is 12.7. The first-order valence-electron chi connectivity index (χ1n) is 10.6. The lowest BCUT2D eigenvalue weighted by Gasteiger charge is -2.53. The predicted molar refractivity (Wildman–Crippen MR) is 123 cm³/mol. The monoisotopic (exact) mass is 528 g/mol. The van der Waals surface area contributed by atoms with Crippen LogP contribution in [0.5, 0.6) is 0 Å². The van der Waals surface area contributed by atoms with Crippen molar-refractivity contribution in [3.8, 4) is 0 Å². The first kappa shape index (κ1) is 25.0. The number of carbonyl (C=O) groups is 4. The van der Waals surface area contributed by atoms with E-state index in [2.05, 4.69) is 15.5 Å². The lowest BCUT2D eigenvalue weighted by molar-refractivity contribution is -0.160. The number of likely N-dealkylation sites (tertiary alicyclic amines) is 1. The first-order chi connectivity index (χ1) is 16.7. The second-order valence-corrected chi connectivity index (χ2v) is 10.4. The Kier molecular flexibility index (Phi) is 7.05. The lowest BCUT2D eigenvalue weighted by atomic mass is 9.88. The number of carbonyl (C=O) groups excluding carboxylic acids is 3. The van der Waals surface area contributed by atoms with Crippen LogP contribution in [-0.2, 0) is 19.1 Å². The van der Waals surface area contributed by atoms with Crippen LogP contribution < -0.4 is 11.1 Å². The molecule has 6 N–H and O–H groups in total. The zero-order valence-corrected chi connectivity index (χ0v) is 20.0. The maximum atomic E-state index is 12.7. The molecule has 4 heterocycles. The Balaban J connectivity index is 1.38. The molecule has 1 aromatic heterocycles. The van der Waals surface area contributed by atoms with Gasteiger partial charge in [0.1, 0.15) is 29.1 Å². The summed E-state index contributed by atoms with van der Waals surface area (Å²) in [5.74, 6) is -2.52. The Morgan fingerprint density at radius 2 is 2.17 bits per heavy atom. The number of oxime groups is 1. The number of carboxylic acids is 1. The number of aliphatic hydroxyl groups excluding tert-OH is 1. The van der Waals surface area contributed by atoms with Gasteiger partial charge >= 0.3 is 12.1 Å². The van der Waals surface area contributed by atoms with Gasteiger partial charge in [0, 0.05) is 24.2 Å². The Bertz CT molecular complexity index is 1070. The van der Waals surface area contributed by atoms with Crippen molar-refractivity contribution in [2.45, 2.75) is 30.3 Å². The molecule has 0 radical (unpaired) electrons. The van der Waals surface area contributed by atoms with Crippen LogP contribution in [0.3, 0.4) is 0 Å². The fraction of sp³-hybridized carbons (Fsp3) is 0.579. The fourth-order valence-corrected chi connectivity index (χ4v) is 6.34. The van der Waals surface area contributed by atoms with E-state index in [4.69, 9.17) is 10.5 Å². The molecule has 1 aromatic rings. The zero-order valence-electron chi connectivity index (χ0n) is 18.3. The van der Waals surface area contributed by atoms with E-state index < -0.39 is 53.0 Å². The average molecular weight is 529 g/mol. The molecule has 16 heteroatoms. The second-order valence-electron chi connectivity index (χ2n) is 8.45. The highest BCUT2D eigenvalue weighted by Crippen LogP contribution is 2.42. The molecule has 0 spiro atoms. The van der Waals surface area contributed by atoms with E-state index in [9.17, 15) is 34.6 Å². The number of aliphatic hydroxyl groups is 1. The molecule has 3 aliphatic heterocycles. The summed E-state index contributed by atoms with van der Waals surface area (Å²) in [5, 5.41) is 35.0. The number of amides is 3. The number of aromatic nitrogens is 1. The van der Waals surface area contributed by atoms with Gasteiger partial charge in [0.25, 0.3) is 5.91 Å². The minimum Gasteiger partial charge on any atom is -0.481 e. The normalized spacial score (nSPS) is 28.3. The van der Waals surface area contributed by atoms with Crippen LogP contribution in [0.2, 0.25) is 0 Å². The predicted octanol–water partition coefficient (Wildman–Crippen LogP) is -1.03. The number of nitrogens with one attached hydrogen (secondary N) is 1. The quantitative estimate of drug-likeness (QED) is 0.125. The molecule has 3 fully saturated rings. The number of aliphatic carboxylic acids is 1. The molecule has 0 saturated carbocycles. The molecule has 3 unspecified atom stereocenters. The molecular weight excluding hydrogens is 504 g/mol. The van der Waals surface area contributed by atoms with Crippen molar-refractivity contribution in [3.05, 3.63) is 11.1 Å². The number of hydrogen-bond acceptors (Lipinski definition) is 12. The number of hydrogen-bond donors (Lipinski definition) is 5. The van der Waals surface area contributed by atoms with E-state index in [1.54, 1.807) is 0 Å². The van der Waals surface area contributed by atoms with Crippen molar-refractivity contribution in [1.82, 2.24) is 20.1 Å². The smallest absolute Gasteiger partial charge is 0.410 e. The minimum absolute atomic E-state index is 0.0312. The number of rotatable bonds is 7. The van der Waals surface area contributed by atoms with Crippen molar-refractivity contribution in [1.29, 1.82) is 0 Å². The van der Waals surface area contributed by atoms with Crippen LogP contribution in [0.1, 0.15) is 18.5 Å². The van der Waals surface area contributed by atoms with Crippen LogP contribution >= 0.6 is 23.1 Å². The largest absolute Gasteiger partial charge is 0.481 e. The van der Waals surface area contributed by atoms with E-state index in [-0.39, 0.29) is 35.8 Å². The molecule has 0 aliphatic carbocycles. The van der Waals surface area contributed by atoms with Gasteiger partial charge < -0.3 is 41.0 Å². The highest BCUT2D eigenvalue weighted by molar-refractivity contribution is 8.00. The zero-order chi connectivity index (χ0) is 25.3. The average Bonchev–Trinajstić information content (AvgIpc) is 3.50. The number of thioether (sulfide) groups is 1. The van der Waals surface area contributed by atoms with E-state index >= 15 is 0 Å². The molecule has 0 bridgehead atoms. The molecule has 3 aliphatic rings. The molecule has 35 heavy (non-hydrogen) atoms. The molecule has 4 rings (SSSR count). The van der Waals surface area contributed by atoms with Crippen LogP contribution in [0.15, 0.2) is 10.5 Å². The molecule has 190 valence electrons. The second kappa shape index (κ2) is 9.87. The number of anilines is 1. The third-order valence-electron chi connectivity index (χ3n) is 6.26. The van der Waals surface area contributed by atoms with Gasteiger partial charge in [-0.1, -0.05) is 5.16 Å². The number of nitrogens with two attached hydrogens (primary N) is 1. The van der Waals surface area contributed by atoms with Crippen molar-refractivity contribution in [3.63, 3.8) is 0 Å². The lowest BCUT2D eigenvalue weighted by Crippen LogP contribution is -2.74. The summed E-state index contributed by atoms with van der Waals surface area (Å²) in [6, 6.07) is -1.31. The third kappa shape index (κ3) is 4.60.